The summed E-state index contributed by atoms with van der Waals surface area (Å²) in [6, 6.07) is 6.06. The van der Waals surface area contributed by atoms with E-state index in [9.17, 15) is 4.79 Å². The first-order valence-electron chi connectivity index (χ1n) is 6.39. The summed E-state index contributed by atoms with van der Waals surface area (Å²) < 4.78 is 15.1. The highest BCUT2D eigenvalue weighted by molar-refractivity contribution is 5.64. The normalized spacial score (nSPS) is 11.9. The SMILES string of the molecule is COCc1cc(C(C)NCCOC(N)=O)ccc1OC. The third-order valence-electron chi connectivity index (χ3n) is 2.90. The molecule has 20 heavy (non-hydrogen) atoms. The van der Waals surface area contributed by atoms with Crippen LogP contribution in [0.1, 0.15) is 24.1 Å². The molecule has 0 heterocycles. The topological polar surface area (TPSA) is 82.8 Å². The fraction of sp³-hybridized carbons (Fsp3) is 0.500. The lowest BCUT2D eigenvalue weighted by Crippen LogP contribution is -2.26. The van der Waals surface area contributed by atoms with Gasteiger partial charge in [-0.05, 0) is 24.6 Å². The highest BCUT2D eigenvalue weighted by Gasteiger charge is 2.09. The Kier molecular flexibility index (Phi) is 6.83. The lowest BCUT2D eigenvalue weighted by molar-refractivity contribution is 0.156. The van der Waals surface area contributed by atoms with E-state index in [-0.39, 0.29) is 12.6 Å². The molecule has 1 aromatic rings. The number of nitrogens with two attached hydrogens (primary N) is 1. The number of ether oxygens (including phenoxy) is 3. The van der Waals surface area contributed by atoms with E-state index < -0.39 is 6.09 Å². The van der Waals surface area contributed by atoms with Crippen LogP contribution in [0.15, 0.2) is 18.2 Å². The van der Waals surface area contributed by atoms with Crippen molar-refractivity contribution in [1.82, 2.24) is 5.32 Å². The molecular weight excluding hydrogens is 260 g/mol. The van der Waals surface area contributed by atoms with Crippen molar-refractivity contribution in [2.45, 2.75) is 19.6 Å². The van der Waals surface area contributed by atoms with E-state index in [0.717, 1.165) is 16.9 Å². The fourth-order valence-electron chi connectivity index (χ4n) is 1.88. The summed E-state index contributed by atoms with van der Waals surface area (Å²) >= 11 is 0. The van der Waals surface area contributed by atoms with Crippen LogP contribution in [-0.2, 0) is 16.1 Å². The van der Waals surface area contributed by atoms with E-state index in [0.29, 0.717) is 13.2 Å². The lowest BCUT2D eigenvalue weighted by atomic mass is 10.0. The number of amides is 1. The van der Waals surface area contributed by atoms with Crippen LogP contribution in [-0.4, -0.2) is 33.5 Å². The molecule has 6 heteroatoms. The minimum Gasteiger partial charge on any atom is -0.496 e. The third kappa shape index (κ3) is 5.07. The van der Waals surface area contributed by atoms with Crippen LogP contribution in [0.3, 0.4) is 0 Å². The van der Waals surface area contributed by atoms with E-state index in [1.807, 2.05) is 25.1 Å². The molecule has 0 radical (unpaired) electrons. The summed E-state index contributed by atoms with van der Waals surface area (Å²) in [6.07, 6.45) is -0.758. The summed E-state index contributed by atoms with van der Waals surface area (Å²) in [4.78, 5) is 10.4. The van der Waals surface area contributed by atoms with Gasteiger partial charge >= 0.3 is 6.09 Å². The summed E-state index contributed by atoms with van der Waals surface area (Å²) in [5.41, 5.74) is 6.99. The van der Waals surface area contributed by atoms with Crippen LogP contribution in [0.4, 0.5) is 4.79 Å². The molecule has 1 atom stereocenters. The number of primary amides is 1. The maximum Gasteiger partial charge on any atom is 0.404 e. The molecule has 0 aliphatic rings. The summed E-state index contributed by atoms with van der Waals surface area (Å²) in [7, 11) is 3.28. The van der Waals surface area contributed by atoms with Crippen LogP contribution in [0.2, 0.25) is 0 Å². The minimum atomic E-state index is -0.758. The second-order valence-corrected chi connectivity index (χ2v) is 4.35. The average molecular weight is 282 g/mol. The van der Waals surface area contributed by atoms with E-state index in [4.69, 9.17) is 15.2 Å². The van der Waals surface area contributed by atoms with Crippen molar-refractivity contribution in [3.63, 3.8) is 0 Å². The molecule has 3 N–H and O–H groups in total. The van der Waals surface area contributed by atoms with Gasteiger partial charge in [0.15, 0.2) is 0 Å². The molecule has 0 aliphatic carbocycles. The smallest absolute Gasteiger partial charge is 0.404 e. The van der Waals surface area contributed by atoms with Gasteiger partial charge in [-0.2, -0.15) is 0 Å². The zero-order chi connectivity index (χ0) is 15.0. The number of rotatable bonds is 8. The van der Waals surface area contributed by atoms with Gasteiger partial charge in [0.25, 0.3) is 0 Å². The van der Waals surface area contributed by atoms with Gasteiger partial charge in [-0.1, -0.05) is 6.07 Å². The van der Waals surface area contributed by atoms with Crippen molar-refractivity contribution < 1.29 is 19.0 Å². The van der Waals surface area contributed by atoms with Gasteiger partial charge in [-0.25, -0.2) is 4.79 Å². The minimum absolute atomic E-state index is 0.119. The van der Waals surface area contributed by atoms with Crippen molar-refractivity contribution in [3.8, 4) is 5.75 Å². The summed E-state index contributed by atoms with van der Waals surface area (Å²) in [5, 5.41) is 3.25. The van der Waals surface area contributed by atoms with Crippen LogP contribution in [0.25, 0.3) is 0 Å². The fourth-order valence-corrected chi connectivity index (χ4v) is 1.88. The Bertz CT molecular complexity index is 437. The van der Waals surface area contributed by atoms with Crippen LogP contribution < -0.4 is 15.8 Å². The molecule has 1 unspecified atom stereocenters. The van der Waals surface area contributed by atoms with Gasteiger partial charge in [0.05, 0.1) is 13.7 Å². The number of nitrogens with one attached hydrogen (secondary N) is 1. The second kappa shape index (κ2) is 8.39. The van der Waals surface area contributed by atoms with Crippen molar-refractivity contribution in [1.29, 1.82) is 0 Å². The number of benzene rings is 1. The van der Waals surface area contributed by atoms with Crippen molar-refractivity contribution in [2.75, 3.05) is 27.4 Å². The standard InChI is InChI=1S/C14H22N2O4/c1-10(16-6-7-20-14(15)17)11-4-5-13(19-3)12(8-11)9-18-2/h4-5,8,10,16H,6-7,9H2,1-3H3,(H2,15,17). The molecule has 1 aromatic carbocycles. The Morgan fingerprint density at radius 2 is 2.15 bits per heavy atom. The monoisotopic (exact) mass is 282 g/mol. The largest absolute Gasteiger partial charge is 0.496 e. The Balaban J connectivity index is 2.60. The maximum absolute atomic E-state index is 10.4. The Morgan fingerprint density at radius 3 is 2.75 bits per heavy atom. The van der Waals surface area contributed by atoms with Gasteiger partial charge < -0.3 is 25.3 Å². The van der Waals surface area contributed by atoms with Crippen LogP contribution >= 0.6 is 0 Å². The average Bonchev–Trinajstić information content (AvgIpc) is 2.43. The molecule has 0 aliphatic heterocycles. The number of carbonyl (C=O) groups is 1. The van der Waals surface area contributed by atoms with Crippen LogP contribution in [0.5, 0.6) is 5.75 Å². The van der Waals surface area contributed by atoms with Crippen molar-refractivity contribution in [3.05, 3.63) is 29.3 Å². The first-order chi connectivity index (χ1) is 9.58. The zero-order valence-corrected chi connectivity index (χ0v) is 12.1. The third-order valence-corrected chi connectivity index (χ3v) is 2.90. The van der Waals surface area contributed by atoms with E-state index in [2.05, 4.69) is 10.1 Å². The molecule has 0 saturated heterocycles. The van der Waals surface area contributed by atoms with Gasteiger partial charge in [-0.3, -0.25) is 0 Å². The molecular formula is C14H22N2O4. The molecule has 0 saturated carbocycles. The summed E-state index contributed by atoms with van der Waals surface area (Å²) in [5.74, 6) is 0.805. The lowest BCUT2D eigenvalue weighted by Gasteiger charge is -2.16. The highest BCUT2D eigenvalue weighted by atomic mass is 16.5. The molecule has 1 rings (SSSR count). The molecule has 112 valence electrons. The molecule has 0 spiro atoms. The number of methoxy groups -OCH3 is 2. The Labute approximate surface area is 119 Å². The highest BCUT2D eigenvalue weighted by Crippen LogP contribution is 2.23. The maximum atomic E-state index is 10.4. The predicted octanol–water partition coefficient (Wildman–Crippen LogP) is 1.59. The van der Waals surface area contributed by atoms with Gasteiger partial charge in [0, 0.05) is 25.3 Å². The Hall–Kier alpha value is -1.79. The number of hydrogen-bond donors (Lipinski definition) is 2. The Morgan fingerprint density at radius 1 is 1.40 bits per heavy atom. The van der Waals surface area contributed by atoms with E-state index in [1.54, 1.807) is 14.2 Å². The number of hydrogen-bond acceptors (Lipinski definition) is 5. The zero-order valence-electron chi connectivity index (χ0n) is 12.1. The van der Waals surface area contributed by atoms with E-state index in [1.165, 1.54) is 0 Å². The molecule has 6 nitrogen and oxygen atoms in total. The second-order valence-electron chi connectivity index (χ2n) is 4.35. The predicted molar refractivity (Wildman–Crippen MR) is 75.7 cm³/mol. The molecule has 0 bridgehead atoms. The van der Waals surface area contributed by atoms with E-state index >= 15 is 0 Å². The molecule has 1 amide bonds. The van der Waals surface area contributed by atoms with Crippen LogP contribution in [0, 0.1) is 0 Å². The first-order valence-corrected chi connectivity index (χ1v) is 6.39. The molecule has 0 aromatic heterocycles. The quantitative estimate of drug-likeness (QED) is 0.707. The summed E-state index contributed by atoms with van der Waals surface area (Å²) in [6.45, 7) is 3.31. The van der Waals surface area contributed by atoms with Gasteiger partial charge in [-0.15, -0.1) is 0 Å². The van der Waals surface area contributed by atoms with Crippen molar-refractivity contribution in [2.24, 2.45) is 5.73 Å². The van der Waals surface area contributed by atoms with Gasteiger partial charge in [0.2, 0.25) is 0 Å². The number of carbonyl (C=O) groups excluding carboxylic acids is 1. The van der Waals surface area contributed by atoms with Gasteiger partial charge in [0.1, 0.15) is 12.4 Å². The molecule has 0 fully saturated rings. The first kappa shape index (κ1) is 16.3. The van der Waals surface area contributed by atoms with Crippen molar-refractivity contribution >= 4 is 6.09 Å².